The van der Waals surface area contributed by atoms with Gasteiger partial charge in [0.05, 0.1) is 0 Å². The molecule has 0 saturated heterocycles. The summed E-state index contributed by atoms with van der Waals surface area (Å²) < 4.78 is 0. The van der Waals surface area contributed by atoms with Crippen molar-refractivity contribution in [2.24, 2.45) is 16.7 Å². The number of hydrogen-bond donors (Lipinski definition) is 1. The normalized spacial score (nSPS) is 41.3. The van der Waals surface area contributed by atoms with Crippen LogP contribution in [0.4, 0.5) is 0 Å². The molecule has 0 aliphatic heterocycles. The van der Waals surface area contributed by atoms with E-state index in [0.29, 0.717) is 5.92 Å². The van der Waals surface area contributed by atoms with Crippen LogP contribution >= 0.6 is 0 Å². The first-order valence-corrected chi connectivity index (χ1v) is 7.11. The zero-order chi connectivity index (χ0) is 13.2. The molecule has 0 radical (unpaired) electrons. The molecule has 1 nitrogen and oxygen atoms in total. The van der Waals surface area contributed by atoms with E-state index in [4.69, 9.17) is 0 Å². The lowest BCUT2D eigenvalue weighted by molar-refractivity contribution is -0.150. The Morgan fingerprint density at radius 2 is 1.72 bits per heavy atom. The molecule has 0 aromatic heterocycles. The molecule has 3 atom stereocenters. The van der Waals surface area contributed by atoms with Crippen LogP contribution in [-0.4, -0.2) is 5.11 Å². The molecule has 3 rings (SSSR count). The van der Waals surface area contributed by atoms with Gasteiger partial charge in [0.15, 0.2) is 0 Å². The molecule has 3 unspecified atom stereocenters. The fourth-order valence-corrected chi connectivity index (χ4v) is 4.77. The van der Waals surface area contributed by atoms with E-state index in [2.05, 4.69) is 52.0 Å². The van der Waals surface area contributed by atoms with Crippen LogP contribution in [0.1, 0.15) is 51.2 Å². The SMILES string of the molecule is Cc1ccc(C2(O)C3(C)CCC(C3)C2(C)C)cc1. The summed E-state index contributed by atoms with van der Waals surface area (Å²) >= 11 is 0. The van der Waals surface area contributed by atoms with Crippen molar-refractivity contribution in [3.05, 3.63) is 35.4 Å². The Morgan fingerprint density at radius 1 is 1.11 bits per heavy atom. The second kappa shape index (κ2) is 3.39. The van der Waals surface area contributed by atoms with Crippen LogP contribution in [0.5, 0.6) is 0 Å². The number of benzene rings is 1. The highest BCUT2D eigenvalue weighted by atomic mass is 16.3. The van der Waals surface area contributed by atoms with Crippen molar-refractivity contribution in [1.82, 2.24) is 0 Å². The first kappa shape index (κ1) is 12.2. The highest BCUT2D eigenvalue weighted by molar-refractivity contribution is 5.34. The molecule has 0 spiro atoms. The molecule has 1 heteroatoms. The van der Waals surface area contributed by atoms with Gasteiger partial charge in [-0.2, -0.15) is 0 Å². The molecule has 2 bridgehead atoms. The monoisotopic (exact) mass is 244 g/mol. The Labute approximate surface area is 110 Å². The van der Waals surface area contributed by atoms with Gasteiger partial charge in [-0.25, -0.2) is 0 Å². The van der Waals surface area contributed by atoms with Crippen molar-refractivity contribution in [2.45, 2.75) is 52.6 Å². The molecule has 2 fully saturated rings. The number of rotatable bonds is 1. The standard InChI is InChI=1S/C17H24O/c1-12-5-7-13(8-6-12)17(18)15(2,3)14-9-10-16(17,4)11-14/h5-8,14,18H,9-11H2,1-4H3. The Morgan fingerprint density at radius 3 is 2.22 bits per heavy atom. The van der Waals surface area contributed by atoms with Crippen LogP contribution in [0.3, 0.4) is 0 Å². The minimum Gasteiger partial charge on any atom is -0.384 e. The van der Waals surface area contributed by atoms with Crippen LogP contribution in [0.2, 0.25) is 0 Å². The van der Waals surface area contributed by atoms with Crippen LogP contribution in [0, 0.1) is 23.7 Å². The van der Waals surface area contributed by atoms with Crippen molar-refractivity contribution in [2.75, 3.05) is 0 Å². The largest absolute Gasteiger partial charge is 0.384 e. The Bertz CT molecular complexity index is 466. The van der Waals surface area contributed by atoms with E-state index in [1.165, 1.54) is 18.4 Å². The smallest absolute Gasteiger partial charge is 0.100 e. The van der Waals surface area contributed by atoms with E-state index in [1.54, 1.807) is 0 Å². The topological polar surface area (TPSA) is 20.2 Å². The van der Waals surface area contributed by atoms with Gasteiger partial charge in [-0.1, -0.05) is 50.6 Å². The van der Waals surface area contributed by atoms with Crippen LogP contribution in [0.15, 0.2) is 24.3 Å². The van der Waals surface area contributed by atoms with Gasteiger partial charge >= 0.3 is 0 Å². The van der Waals surface area contributed by atoms with Crippen LogP contribution < -0.4 is 0 Å². The molecule has 1 N–H and O–H groups in total. The van der Waals surface area contributed by atoms with E-state index in [1.807, 2.05) is 0 Å². The summed E-state index contributed by atoms with van der Waals surface area (Å²) in [6, 6.07) is 8.50. The third-order valence-corrected chi connectivity index (χ3v) is 6.04. The summed E-state index contributed by atoms with van der Waals surface area (Å²) in [4.78, 5) is 0. The Hall–Kier alpha value is -0.820. The summed E-state index contributed by atoms with van der Waals surface area (Å²) in [6.45, 7) is 8.88. The van der Waals surface area contributed by atoms with Gasteiger partial charge in [-0.15, -0.1) is 0 Å². The average Bonchev–Trinajstić information content (AvgIpc) is 2.78. The maximum atomic E-state index is 11.5. The minimum atomic E-state index is -0.670. The summed E-state index contributed by atoms with van der Waals surface area (Å²) in [6.07, 6.45) is 3.60. The Kier molecular flexibility index (Phi) is 2.30. The molecule has 0 heterocycles. The predicted octanol–water partition coefficient (Wildman–Crippen LogP) is 4.03. The molecule has 2 aliphatic rings. The van der Waals surface area contributed by atoms with Gasteiger partial charge in [0, 0.05) is 10.8 Å². The molecule has 1 aromatic rings. The van der Waals surface area contributed by atoms with Gasteiger partial charge in [-0.3, -0.25) is 0 Å². The third kappa shape index (κ3) is 1.21. The summed E-state index contributed by atoms with van der Waals surface area (Å²) in [5, 5.41) is 11.5. The second-order valence-corrected chi connectivity index (χ2v) is 7.30. The molecule has 98 valence electrons. The average molecular weight is 244 g/mol. The number of aliphatic hydroxyl groups is 1. The summed E-state index contributed by atoms with van der Waals surface area (Å²) in [5.41, 5.74) is 1.73. The minimum absolute atomic E-state index is 0.0186. The first-order valence-electron chi connectivity index (χ1n) is 7.11. The van der Waals surface area contributed by atoms with Crippen LogP contribution in [0.25, 0.3) is 0 Å². The van der Waals surface area contributed by atoms with Gasteiger partial charge < -0.3 is 5.11 Å². The maximum Gasteiger partial charge on any atom is 0.100 e. The quantitative estimate of drug-likeness (QED) is 0.791. The van der Waals surface area contributed by atoms with Crippen LogP contribution in [-0.2, 0) is 5.60 Å². The summed E-state index contributed by atoms with van der Waals surface area (Å²) in [5.74, 6) is 0.661. The molecule has 2 aliphatic carbocycles. The molecular weight excluding hydrogens is 220 g/mol. The fourth-order valence-electron chi connectivity index (χ4n) is 4.77. The molecular formula is C17H24O. The zero-order valence-electron chi connectivity index (χ0n) is 12.0. The number of aryl methyl sites for hydroxylation is 1. The van der Waals surface area contributed by atoms with E-state index in [9.17, 15) is 5.11 Å². The predicted molar refractivity (Wildman–Crippen MR) is 74.3 cm³/mol. The number of fused-ring (bicyclic) bond motifs is 2. The van der Waals surface area contributed by atoms with Crippen molar-refractivity contribution in [3.63, 3.8) is 0 Å². The van der Waals surface area contributed by atoms with E-state index in [-0.39, 0.29) is 10.8 Å². The highest BCUT2D eigenvalue weighted by Gasteiger charge is 2.68. The molecule has 0 amide bonds. The lowest BCUT2D eigenvalue weighted by Gasteiger charge is -2.51. The van der Waals surface area contributed by atoms with Crippen molar-refractivity contribution in [3.8, 4) is 0 Å². The highest BCUT2D eigenvalue weighted by Crippen LogP contribution is 2.71. The molecule has 1 aromatic carbocycles. The fraction of sp³-hybridized carbons (Fsp3) is 0.647. The van der Waals surface area contributed by atoms with Crippen molar-refractivity contribution < 1.29 is 5.11 Å². The maximum absolute atomic E-state index is 11.5. The third-order valence-electron chi connectivity index (χ3n) is 6.04. The zero-order valence-corrected chi connectivity index (χ0v) is 12.0. The van der Waals surface area contributed by atoms with Gasteiger partial charge in [0.2, 0.25) is 0 Å². The van der Waals surface area contributed by atoms with Gasteiger partial charge in [-0.05, 0) is 37.7 Å². The Balaban J connectivity index is 2.16. The van der Waals surface area contributed by atoms with E-state index in [0.717, 1.165) is 12.0 Å². The van der Waals surface area contributed by atoms with Gasteiger partial charge in [0.1, 0.15) is 5.60 Å². The lowest BCUT2D eigenvalue weighted by atomic mass is 9.58. The molecule has 2 saturated carbocycles. The lowest BCUT2D eigenvalue weighted by Crippen LogP contribution is -2.51. The first-order chi connectivity index (χ1) is 8.31. The van der Waals surface area contributed by atoms with Crippen molar-refractivity contribution >= 4 is 0 Å². The second-order valence-electron chi connectivity index (χ2n) is 7.30. The van der Waals surface area contributed by atoms with Gasteiger partial charge in [0.25, 0.3) is 0 Å². The van der Waals surface area contributed by atoms with E-state index >= 15 is 0 Å². The summed E-state index contributed by atoms with van der Waals surface area (Å²) in [7, 11) is 0. The molecule has 18 heavy (non-hydrogen) atoms. The number of hydrogen-bond acceptors (Lipinski definition) is 1. The van der Waals surface area contributed by atoms with E-state index < -0.39 is 5.60 Å². The van der Waals surface area contributed by atoms with Crippen molar-refractivity contribution in [1.29, 1.82) is 0 Å².